The number of nitrogens with zero attached hydrogens (tertiary/aromatic N) is 1. The monoisotopic (exact) mass is 245 g/mol. The van der Waals surface area contributed by atoms with Gasteiger partial charge in [0.25, 0.3) is 0 Å². The molecule has 1 aromatic rings. The lowest BCUT2D eigenvalue weighted by molar-refractivity contribution is 0.0952. The van der Waals surface area contributed by atoms with Crippen molar-refractivity contribution in [2.24, 2.45) is 5.92 Å². The molecule has 2 nitrogen and oxygen atoms in total. The van der Waals surface area contributed by atoms with E-state index in [0.717, 1.165) is 36.7 Å². The van der Waals surface area contributed by atoms with Crippen LogP contribution in [0.5, 0.6) is 0 Å². The fourth-order valence-corrected chi connectivity index (χ4v) is 2.57. The number of rotatable bonds is 4. The summed E-state index contributed by atoms with van der Waals surface area (Å²) >= 11 is 0. The van der Waals surface area contributed by atoms with Crippen molar-refractivity contribution in [1.82, 2.24) is 4.90 Å². The molecule has 0 spiro atoms. The van der Waals surface area contributed by atoms with Gasteiger partial charge >= 0.3 is 0 Å². The molecule has 1 saturated heterocycles. The number of likely N-dealkylation sites (tertiary alicyclic amines) is 1. The fourth-order valence-electron chi connectivity index (χ4n) is 2.57. The molecule has 0 aliphatic carbocycles. The molecule has 1 aliphatic rings. The number of Topliss-reactive ketones (excluding diaryl/α,β-unsaturated/α-hetero) is 1. The molecule has 1 fully saturated rings. The average molecular weight is 245 g/mol. The van der Waals surface area contributed by atoms with Crippen LogP contribution >= 0.6 is 0 Å². The molecule has 98 valence electrons. The van der Waals surface area contributed by atoms with E-state index in [2.05, 4.69) is 11.8 Å². The number of benzene rings is 1. The van der Waals surface area contributed by atoms with Gasteiger partial charge in [0.05, 0.1) is 0 Å². The van der Waals surface area contributed by atoms with Gasteiger partial charge < -0.3 is 4.90 Å². The smallest absolute Gasteiger partial charge is 0.164 e. The highest BCUT2D eigenvalue weighted by atomic mass is 16.1. The molecule has 1 heterocycles. The Kier molecular flexibility index (Phi) is 4.54. The second kappa shape index (κ2) is 6.14. The maximum atomic E-state index is 12.1. The lowest BCUT2D eigenvalue weighted by Gasteiger charge is -2.29. The topological polar surface area (TPSA) is 20.3 Å². The van der Waals surface area contributed by atoms with Crippen molar-refractivity contribution < 1.29 is 4.79 Å². The minimum atomic E-state index is 0.284. The van der Waals surface area contributed by atoms with Crippen LogP contribution in [0.2, 0.25) is 0 Å². The summed E-state index contributed by atoms with van der Waals surface area (Å²) in [6.45, 7) is 7.55. The summed E-state index contributed by atoms with van der Waals surface area (Å²) in [5.41, 5.74) is 1.98. The first-order valence-corrected chi connectivity index (χ1v) is 6.98. The van der Waals surface area contributed by atoms with Crippen molar-refractivity contribution >= 4 is 5.78 Å². The lowest BCUT2D eigenvalue weighted by atomic mass is 9.98. The van der Waals surface area contributed by atoms with Crippen LogP contribution in [0.25, 0.3) is 0 Å². The molecule has 2 heteroatoms. The molecule has 0 amide bonds. The van der Waals surface area contributed by atoms with Crippen LogP contribution in [0, 0.1) is 12.8 Å². The van der Waals surface area contributed by atoms with Gasteiger partial charge in [0, 0.05) is 18.5 Å². The van der Waals surface area contributed by atoms with E-state index in [1.54, 1.807) is 0 Å². The first-order chi connectivity index (χ1) is 8.66. The number of aryl methyl sites for hydroxylation is 1. The summed E-state index contributed by atoms with van der Waals surface area (Å²) in [5.74, 6) is 1.14. The molecular formula is C16H23NO. The van der Waals surface area contributed by atoms with Crippen LogP contribution in [-0.2, 0) is 0 Å². The summed E-state index contributed by atoms with van der Waals surface area (Å²) < 4.78 is 0. The minimum absolute atomic E-state index is 0.284. The van der Waals surface area contributed by atoms with E-state index in [9.17, 15) is 4.79 Å². The van der Waals surface area contributed by atoms with Crippen molar-refractivity contribution in [1.29, 1.82) is 0 Å². The van der Waals surface area contributed by atoms with E-state index in [4.69, 9.17) is 0 Å². The van der Waals surface area contributed by atoms with E-state index < -0.39 is 0 Å². The molecule has 2 rings (SSSR count). The standard InChI is InChI=1S/C16H23NO/c1-13-7-10-17(11-8-13)12-9-16(18)15-6-4-3-5-14(15)2/h3-6,13H,7-12H2,1-2H3. The normalized spacial score (nSPS) is 17.9. The molecular weight excluding hydrogens is 222 g/mol. The molecule has 1 aliphatic heterocycles. The number of carbonyl (C=O) groups excluding carboxylic acids is 1. The van der Waals surface area contributed by atoms with Gasteiger partial charge in [-0.15, -0.1) is 0 Å². The first-order valence-electron chi connectivity index (χ1n) is 6.98. The number of carbonyl (C=O) groups is 1. The second-order valence-corrected chi connectivity index (χ2v) is 5.51. The van der Waals surface area contributed by atoms with Gasteiger partial charge in [0.2, 0.25) is 0 Å². The van der Waals surface area contributed by atoms with E-state index in [-0.39, 0.29) is 5.78 Å². The van der Waals surface area contributed by atoms with E-state index in [1.807, 2.05) is 31.2 Å². The zero-order valence-electron chi connectivity index (χ0n) is 11.5. The highest BCUT2D eigenvalue weighted by molar-refractivity contribution is 5.97. The van der Waals surface area contributed by atoms with E-state index in [1.165, 1.54) is 12.8 Å². The van der Waals surface area contributed by atoms with Crippen LogP contribution in [0.3, 0.4) is 0 Å². The number of hydrogen-bond acceptors (Lipinski definition) is 2. The Balaban J connectivity index is 1.84. The molecule has 0 radical (unpaired) electrons. The van der Waals surface area contributed by atoms with Gasteiger partial charge in [-0.05, 0) is 44.3 Å². The summed E-state index contributed by atoms with van der Waals surface area (Å²) in [6.07, 6.45) is 3.20. The molecule has 0 bridgehead atoms. The molecule has 0 saturated carbocycles. The van der Waals surface area contributed by atoms with Gasteiger partial charge in [0.1, 0.15) is 0 Å². The Bertz CT molecular complexity index is 405. The number of hydrogen-bond donors (Lipinski definition) is 0. The molecule has 0 aromatic heterocycles. The van der Waals surface area contributed by atoms with Crippen molar-refractivity contribution in [2.75, 3.05) is 19.6 Å². The minimum Gasteiger partial charge on any atom is -0.303 e. The molecule has 1 aromatic carbocycles. The maximum absolute atomic E-state index is 12.1. The Morgan fingerprint density at radius 1 is 1.28 bits per heavy atom. The van der Waals surface area contributed by atoms with Crippen LogP contribution < -0.4 is 0 Å². The summed E-state index contributed by atoms with van der Waals surface area (Å²) in [4.78, 5) is 14.6. The lowest BCUT2D eigenvalue weighted by Crippen LogP contribution is -2.34. The zero-order valence-corrected chi connectivity index (χ0v) is 11.5. The first kappa shape index (κ1) is 13.3. The predicted molar refractivity (Wildman–Crippen MR) is 75.0 cm³/mol. The van der Waals surface area contributed by atoms with Crippen LogP contribution in [-0.4, -0.2) is 30.3 Å². The molecule has 0 atom stereocenters. The number of piperidine rings is 1. The fraction of sp³-hybridized carbons (Fsp3) is 0.562. The average Bonchev–Trinajstić information content (AvgIpc) is 2.38. The van der Waals surface area contributed by atoms with E-state index >= 15 is 0 Å². The molecule has 18 heavy (non-hydrogen) atoms. The second-order valence-electron chi connectivity index (χ2n) is 5.51. The quantitative estimate of drug-likeness (QED) is 0.759. The van der Waals surface area contributed by atoms with Gasteiger partial charge in [-0.1, -0.05) is 31.2 Å². The highest BCUT2D eigenvalue weighted by Crippen LogP contribution is 2.17. The van der Waals surface area contributed by atoms with E-state index in [0.29, 0.717) is 6.42 Å². The Morgan fingerprint density at radius 2 is 1.94 bits per heavy atom. The Morgan fingerprint density at radius 3 is 2.61 bits per heavy atom. The molecule has 0 N–H and O–H groups in total. The zero-order chi connectivity index (χ0) is 13.0. The third-order valence-electron chi connectivity index (χ3n) is 3.98. The van der Waals surface area contributed by atoms with Crippen molar-refractivity contribution in [2.45, 2.75) is 33.1 Å². The predicted octanol–water partition coefficient (Wildman–Crippen LogP) is 3.30. The van der Waals surface area contributed by atoms with Crippen molar-refractivity contribution in [3.8, 4) is 0 Å². The van der Waals surface area contributed by atoms with Gasteiger partial charge in [0.15, 0.2) is 5.78 Å². The molecule has 0 unspecified atom stereocenters. The summed E-state index contributed by atoms with van der Waals surface area (Å²) in [5, 5.41) is 0. The van der Waals surface area contributed by atoms with Crippen molar-refractivity contribution in [3.63, 3.8) is 0 Å². The van der Waals surface area contributed by atoms with Crippen LogP contribution in [0.4, 0.5) is 0 Å². The van der Waals surface area contributed by atoms with Crippen LogP contribution in [0.1, 0.15) is 42.1 Å². The third-order valence-corrected chi connectivity index (χ3v) is 3.98. The SMILES string of the molecule is Cc1ccccc1C(=O)CCN1CCC(C)CC1. The Hall–Kier alpha value is -1.15. The third kappa shape index (κ3) is 3.42. The van der Waals surface area contributed by atoms with Gasteiger partial charge in [-0.25, -0.2) is 0 Å². The van der Waals surface area contributed by atoms with Gasteiger partial charge in [-0.2, -0.15) is 0 Å². The Labute approximate surface area is 110 Å². The number of ketones is 1. The largest absolute Gasteiger partial charge is 0.303 e. The van der Waals surface area contributed by atoms with Crippen molar-refractivity contribution in [3.05, 3.63) is 35.4 Å². The summed E-state index contributed by atoms with van der Waals surface area (Å²) in [6, 6.07) is 7.88. The summed E-state index contributed by atoms with van der Waals surface area (Å²) in [7, 11) is 0. The van der Waals surface area contributed by atoms with Crippen LogP contribution in [0.15, 0.2) is 24.3 Å². The van der Waals surface area contributed by atoms with Gasteiger partial charge in [-0.3, -0.25) is 4.79 Å². The maximum Gasteiger partial charge on any atom is 0.164 e. The highest BCUT2D eigenvalue weighted by Gasteiger charge is 2.17.